The Morgan fingerprint density at radius 2 is 0.892 bits per heavy atom. The molecule has 120 heavy (non-hydrogen) atoms. The Morgan fingerprint density at radius 1 is 0.442 bits per heavy atom. The SMILES string of the molecule is CC(F)(F)C(C)(C)C(=O)Nc1nc2ccc(Cl)nc2n1C1CCC1.Cc1ccc(CC(=O)Nc2nc3cc(C)cnc3n2C2CCC2)cc1.Cc1ccnc2c1nc(NC(=O)CC(C)(C)C)n2C1CCC1.Cc1cnc2c(c1)nc(NC(=O)CC1CC3CCC1C3)n2C1CCC1.Cc1cnc2c(c1)nc(NC(=O)CCC1CCCC1)n2C1CCC1. The maximum atomic E-state index is 13.7. The number of rotatable bonds is 20. The molecule has 11 aromatic rings. The summed E-state index contributed by atoms with van der Waals surface area (Å²) in [4.78, 5) is 108. The van der Waals surface area contributed by atoms with Crippen molar-refractivity contribution in [3.8, 4) is 0 Å². The van der Waals surface area contributed by atoms with Crippen LogP contribution >= 0.6 is 11.6 Å². The van der Waals surface area contributed by atoms with Crippen LogP contribution < -0.4 is 26.6 Å². The standard InChI is InChI=1S/C20H26N4O.C20H22N4O.C19H26N4O.C17H24N4O.C16H19ClF2N4O/c1-12-7-17-19(21-11-12)24(16-3-2-4-16)20(22-17)23-18(25)10-15-9-13-5-6-14(15)8-13;1-13-6-8-15(9-7-13)11-18(25)23-20-22-17-10-14(2)12-21-19(17)24(20)16-4-3-5-16;1-13-11-16-18(20-12-13)23(15-7-4-8-15)19(21-16)22-17(24)10-9-14-5-2-3-6-14;1-11-8-9-18-15-14(11)20-16(21(15)12-6-5-7-12)19-13(22)10-17(2,3)4;1-15(2,16(3,18)19)13(24)22-14-20-10-7-8-11(17)21-12(10)23(14)9-5-4-6-9/h7,11,13-16H,2-6,8-10H2,1H3,(H,22,23,25);6-10,12,16H,3-5,11H2,1-2H3,(H,22,23,25);11-12,14-15H,2-10H2,1H3,(H,21,22,24);8-9,12H,5-7,10H2,1-4H3,(H,19,20,22);7-9H,4-6H2,1-3H3,(H,20,22,24). The highest BCUT2D eigenvalue weighted by molar-refractivity contribution is 6.29. The number of halogens is 3. The first kappa shape index (κ1) is 84.8. The third-order valence-corrected chi connectivity index (χ3v) is 26.4. The van der Waals surface area contributed by atoms with Gasteiger partial charge in [0.1, 0.15) is 38.2 Å². The molecule has 1 aromatic carbocycles. The summed E-state index contributed by atoms with van der Waals surface area (Å²) in [6.45, 7) is 19.5. The van der Waals surface area contributed by atoms with Crippen LogP contribution in [0.2, 0.25) is 5.15 Å². The van der Waals surface area contributed by atoms with Gasteiger partial charge in [-0.05, 0) is 264 Å². The number of aryl methyl sites for hydroxylation is 5. The van der Waals surface area contributed by atoms with Gasteiger partial charge in [-0.25, -0.2) is 58.6 Å². The highest BCUT2D eigenvalue weighted by Gasteiger charge is 2.49. The predicted octanol–water partition coefficient (Wildman–Crippen LogP) is 20.8. The molecule has 25 nitrogen and oxygen atoms in total. The zero-order chi connectivity index (χ0) is 84.5. The van der Waals surface area contributed by atoms with Crippen LogP contribution in [0, 0.1) is 69.1 Å². The minimum atomic E-state index is -3.16. The summed E-state index contributed by atoms with van der Waals surface area (Å²) in [5.74, 6) is 2.14. The van der Waals surface area contributed by atoms with Crippen LogP contribution in [0.5, 0.6) is 0 Å². The lowest BCUT2D eigenvalue weighted by Crippen LogP contribution is -2.44. The smallest absolute Gasteiger partial charge is 0.259 e. The Morgan fingerprint density at radius 3 is 1.35 bits per heavy atom. The van der Waals surface area contributed by atoms with Crippen molar-refractivity contribution in [2.45, 2.75) is 292 Å². The molecule has 8 aliphatic carbocycles. The van der Waals surface area contributed by atoms with Gasteiger partial charge in [0.25, 0.3) is 5.92 Å². The van der Waals surface area contributed by atoms with Crippen molar-refractivity contribution >= 4 is 127 Å². The number of nitrogens with one attached hydrogen (secondary N) is 5. The van der Waals surface area contributed by atoms with Crippen molar-refractivity contribution in [3.05, 3.63) is 124 Å². The molecule has 0 aliphatic heterocycles. The number of benzene rings is 1. The summed E-state index contributed by atoms with van der Waals surface area (Å²) < 4.78 is 37.8. The average molecular weight is 1660 g/mol. The molecule has 10 heterocycles. The van der Waals surface area contributed by atoms with Crippen molar-refractivity contribution in [2.75, 3.05) is 26.6 Å². The second-order valence-corrected chi connectivity index (χ2v) is 37.6. The Labute approximate surface area is 705 Å². The number of alkyl halides is 2. The zero-order valence-corrected chi connectivity index (χ0v) is 72.2. The van der Waals surface area contributed by atoms with Crippen LogP contribution in [-0.2, 0) is 30.4 Å². The molecule has 10 aromatic heterocycles. The molecule has 8 saturated carbocycles. The molecule has 19 rings (SSSR count). The normalized spacial score (nSPS) is 18.9. The van der Waals surface area contributed by atoms with Crippen molar-refractivity contribution in [3.63, 3.8) is 0 Å². The molecule has 8 fully saturated rings. The molecule has 8 aliphatic rings. The molecule has 636 valence electrons. The van der Waals surface area contributed by atoms with Crippen LogP contribution in [0.3, 0.4) is 0 Å². The Hall–Kier alpha value is -10.2. The van der Waals surface area contributed by atoms with E-state index < -0.39 is 17.2 Å². The fourth-order valence-electron chi connectivity index (χ4n) is 17.7. The van der Waals surface area contributed by atoms with Crippen molar-refractivity contribution in [1.29, 1.82) is 0 Å². The van der Waals surface area contributed by atoms with E-state index in [1.807, 2.05) is 102 Å². The predicted molar refractivity (Wildman–Crippen MR) is 467 cm³/mol. The Bertz CT molecular complexity index is 5570. The van der Waals surface area contributed by atoms with Gasteiger partial charge < -0.3 is 0 Å². The number of carbonyl (C=O) groups is 5. The number of fused-ring (bicyclic) bond motifs is 7. The molecule has 0 radical (unpaired) electrons. The molecule has 5 N–H and O–H groups in total. The number of imidazole rings is 5. The first-order chi connectivity index (χ1) is 57.4. The van der Waals surface area contributed by atoms with Gasteiger partial charge in [0, 0.05) is 81.2 Å². The largest absolute Gasteiger partial charge is 0.296 e. The Kier molecular flexibility index (Phi) is 25.3. The van der Waals surface area contributed by atoms with Gasteiger partial charge in [-0.2, -0.15) is 0 Å². The zero-order valence-electron chi connectivity index (χ0n) is 71.5. The fraction of sp³-hybridized carbons (Fsp3) is 0.554. The number of carbonyl (C=O) groups excluding carboxylic acids is 5. The van der Waals surface area contributed by atoms with Gasteiger partial charge in [-0.1, -0.05) is 94.3 Å². The minimum Gasteiger partial charge on any atom is -0.296 e. The lowest BCUT2D eigenvalue weighted by molar-refractivity contribution is -0.146. The number of aromatic nitrogens is 15. The summed E-state index contributed by atoms with van der Waals surface area (Å²) in [6.07, 6.45) is 38.0. The minimum absolute atomic E-state index is 0.0148. The molecule has 3 atom stereocenters. The number of hydrogen-bond acceptors (Lipinski definition) is 15. The lowest BCUT2D eigenvalue weighted by atomic mass is 9.85. The van der Waals surface area contributed by atoms with Crippen LogP contribution in [0.25, 0.3) is 55.8 Å². The molecule has 5 amide bonds. The number of anilines is 5. The van der Waals surface area contributed by atoms with Gasteiger partial charge in [0.05, 0.1) is 6.42 Å². The summed E-state index contributed by atoms with van der Waals surface area (Å²) >= 11 is 5.97. The van der Waals surface area contributed by atoms with Crippen LogP contribution in [0.1, 0.15) is 278 Å². The molecule has 0 saturated heterocycles. The first-order valence-electron chi connectivity index (χ1n) is 43.8. The van der Waals surface area contributed by atoms with Crippen LogP contribution in [0.4, 0.5) is 38.5 Å². The van der Waals surface area contributed by atoms with E-state index >= 15 is 0 Å². The monoisotopic (exact) mass is 1650 g/mol. The number of hydrogen-bond donors (Lipinski definition) is 5. The number of nitrogens with zero attached hydrogens (tertiary/aromatic N) is 15. The molecular formula is C92H117ClF2N20O5. The number of pyridine rings is 5. The van der Waals surface area contributed by atoms with E-state index in [1.165, 1.54) is 96.5 Å². The molecule has 0 spiro atoms. The van der Waals surface area contributed by atoms with E-state index in [9.17, 15) is 32.8 Å². The summed E-state index contributed by atoms with van der Waals surface area (Å²) in [5.41, 5.74) is 12.9. The van der Waals surface area contributed by atoms with Crippen molar-refractivity contribution < 1.29 is 32.8 Å². The quantitative estimate of drug-likeness (QED) is 0.0443. The van der Waals surface area contributed by atoms with Crippen molar-refractivity contribution in [1.82, 2.24) is 72.7 Å². The summed E-state index contributed by atoms with van der Waals surface area (Å²) in [5, 5.41) is 15.1. The topological polar surface area (TPSA) is 299 Å². The summed E-state index contributed by atoms with van der Waals surface area (Å²) in [7, 11) is 0. The highest BCUT2D eigenvalue weighted by atomic mass is 35.5. The lowest BCUT2D eigenvalue weighted by Gasteiger charge is -2.31. The summed E-state index contributed by atoms with van der Waals surface area (Å²) in [6, 6.07) is 21.2. The average Bonchev–Trinajstić information content (AvgIpc) is 1.67. The maximum Gasteiger partial charge on any atom is 0.259 e. The second kappa shape index (κ2) is 35.9. The van der Waals surface area contributed by atoms with Gasteiger partial charge in [0.15, 0.2) is 28.2 Å². The maximum absolute atomic E-state index is 13.7. The van der Waals surface area contributed by atoms with Gasteiger partial charge >= 0.3 is 0 Å². The van der Waals surface area contributed by atoms with E-state index in [2.05, 4.69) is 117 Å². The molecule has 2 bridgehead atoms. The third kappa shape index (κ3) is 19.2. The number of amides is 5. The van der Waals surface area contributed by atoms with Crippen LogP contribution in [0.15, 0.2) is 85.5 Å². The van der Waals surface area contributed by atoms with E-state index in [0.717, 1.165) is 174 Å². The first-order valence-corrected chi connectivity index (χ1v) is 44.2. The van der Waals surface area contributed by atoms with Crippen molar-refractivity contribution in [2.24, 2.45) is 34.5 Å². The molecule has 28 heteroatoms. The second-order valence-electron chi connectivity index (χ2n) is 37.2. The third-order valence-electron chi connectivity index (χ3n) is 26.1. The van der Waals surface area contributed by atoms with E-state index in [1.54, 1.807) is 16.7 Å². The fourth-order valence-corrected chi connectivity index (χ4v) is 17.9. The Balaban J connectivity index is 0.000000117. The van der Waals surface area contributed by atoms with Gasteiger partial charge in [0.2, 0.25) is 59.3 Å². The van der Waals surface area contributed by atoms with Crippen LogP contribution in [-0.4, -0.2) is 108 Å². The molecule has 3 unspecified atom stereocenters. The van der Waals surface area contributed by atoms with E-state index in [-0.39, 0.29) is 41.0 Å². The van der Waals surface area contributed by atoms with E-state index in [0.29, 0.717) is 95.9 Å². The highest BCUT2D eigenvalue weighted by Crippen LogP contribution is 2.50. The van der Waals surface area contributed by atoms with E-state index in [4.69, 9.17) is 16.6 Å². The molecular weight excluding hydrogens is 1540 g/mol. The van der Waals surface area contributed by atoms with Gasteiger partial charge in [-0.3, -0.25) is 73.4 Å². The van der Waals surface area contributed by atoms with Gasteiger partial charge in [-0.15, -0.1) is 0 Å².